The second-order valence-electron chi connectivity index (χ2n) is 6.83. The standard InChI is InChI=1S/C21H26N2O5S/c1-3-17-4-6-18(7-5-17)22-29(25,26)20-10-8-19(9-11-20)28-16(2)21(24)23-12-14-27-15-13-23/h4-11,16,22H,3,12-15H2,1-2H3/t16-/m1/s1. The van der Waals surface area contributed by atoms with E-state index in [2.05, 4.69) is 4.72 Å². The van der Waals surface area contributed by atoms with Crippen LogP contribution in [0.1, 0.15) is 19.4 Å². The first-order chi connectivity index (χ1) is 13.9. The smallest absolute Gasteiger partial charge is 0.263 e. The predicted octanol–water partition coefficient (Wildman–Crippen LogP) is 2.68. The van der Waals surface area contributed by atoms with Gasteiger partial charge in [-0.2, -0.15) is 0 Å². The summed E-state index contributed by atoms with van der Waals surface area (Å²) in [6.07, 6.45) is 0.229. The van der Waals surface area contributed by atoms with E-state index in [-0.39, 0.29) is 10.8 Å². The van der Waals surface area contributed by atoms with Crippen LogP contribution in [0.15, 0.2) is 53.4 Å². The van der Waals surface area contributed by atoms with Gasteiger partial charge in [-0.25, -0.2) is 8.42 Å². The molecule has 156 valence electrons. The average Bonchev–Trinajstić information content (AvgIpc) is 2.74. The quantitative estimate of drug-likeness (QED) is 0.747. The fourth-order valence-electron chi connectivity index (χ4n) is 3.02. The minimum Gasteiger partial charge on any atom is -0.481 e. The van der Waals surface area contributed by atoms with Crippen LogP contribution in [-0.2, 0) is 26.0 Å². The van der Waals surface area contributed by atoms with Crippen LogP contribution in [0.4, 0.5) is 5.69 Å². The molecule has 0 unspecified atom stereocenters. The number of hydrogen-bond donors (Lipinski definition) is 1. The normalized spacial score (nSPS) is 15.6. The topological polar surface area (TPSA) is 84.9 Å². The highest BCUT2D eigenvalue weighted by atomic mass is 32.2. The van der Waals surface area contributed by atoms with Gasteiger partial charge < -0.3 is 14.4 Å². The van der Waals surface area contributed by atoms with Crippen molar-refractivity contribution in [2.24, 2.45) is 0 Å². The highest BCUT2D eigenvalue weighted by Gasteiger charge is 2.24. The number of carbonyl (C=O) groups is 1. The number of anilines is 1. The fraction of sp³-hybridized carbons (Fsp3) is 0.381. The van der Waals surface area contributed by atoms with Gasteiger partial charge in [0.2, 0.25) is 0 Å². The van der Waals surface area contributed by atoms with E-state index in [1.54, 1.807) is 36.1 Å². The summed E-state index contributed by atoms with van der Waals surface area (Å²) >= 11 is 0. The van der Waals surface area contributed by atoms with Crippen molar-refractivity contribution in [3.8, 4) is 5.75 Å². The molecule has 1 aliphatic heterocycles. The highest BCUT2D eigenvalue weighted by molar-refractivity contribution is 7.92. The van der Waals surface area contributed by atoms with Gasteiger partial charge in [0, 0.05) is 18.8 Å². The van der Waals surface area contributed by atoms with Crippen LogP contribution in [0.2, 0.25) is 0 Å². The Morgan fingerprint density at radius 2 is 1.72 bits per heavy atom. The van der Waals surface area contributed by atoms with E-state index in [0.717, 1.165) is 12.0 Å². The van der Waals surface area contributed by atoms with E-state index in [0.29, 0.717) is 37.7 Å². The zero-order chi connectivity index (χ0) is 20.9. The minimum absolute atomic E-state index is 0.109. The van der Waals surface area contributed by atoms with Crippen molar-refractivity contribution in [2.75, 3.05) is 31.0 Å². The molecular weight excluding hydrogens is 392 g/mol. The predicted molar refractivity (Wildman–Crippen MR) is 111 cm³/mol. The number of morpholine rings is 1. The van der Waals surface area contributed by atoms with Crippen molar-refractivity contribution in [2.45, 2.75) is 31.3 Å². The van der Waals surface area contributed by atoms with Crippen molar-refractivity contribution in [1.82, 2.24) is 4.90 Å². The average molecular weight is 419 g/mol. The van der Waals surface area contributed by atoms with Crippen LogP contribution >= 0.6 is 0 Å². The molecule has 1 atom stereocenters. The zero-order valence-corrected chi connectivity index (χ0v) is 17.4. The number of rotatable bonds is 7. The fourth-order valence-corrected chi connectivity index (χ4v) is 4.07. The van der Waals surface area contributed by atoms with Crippen LogP contribution in [0.5, 0.6) is 5.75 Å². The van der Waals surface area contributed by atoms with E-state index < -0.39 is 16.1 Å². The van der Waals surface area contributed by atoms with Crippen LogP contribution in [-0.4, -0.2) is 51.6 Å². The molecule has 2 aromatic carbocycles. The van der Waals surface area contributed by atoms with Gasteiger partial charge in [0.15, 0.2) is 6.10 Å². The molecule has 0 radical (unpaired) electrons. The summed E-state index contributed by atoms with van der Waals surface area (Å²) in [4.78, 5) is 14.2. The summed E-state index contributed by atoms with van der Waals surface area (Å²) in [5, 5.41) is 0. The van der Waals surface area contributed by atoms with E-state index in [1.165, 1.54) is 12.1 Å². The third-order valence-corrected chi connectivity index (χ3v) is 6.13. The number of benzene rings is 2. The summed E-state index contributed by atoms with van der Waals surface area (Å²) in [5.41, 5.74) is 1.64. The Bertz CT molecular complexity index is 921. The van der Waals surface area contributed by atoms with Crippen molar-refractivity contribution in [1.29, 1.82) is 0 Å². The molecule has 0 aliphatic carbocycles. The van der Waals surface area contributed by atoms with E-state index in [9.17, 15) is 13.2 Å². The van der Waals surface area contributed by atoms with Gasteiger partial charge in [0.05, 0.1) is 18.1 Å². The largest absolute Gasteiger partial charge is 0.481 e. The molecule has 29 heavy (non-hydrogen) atoms. The number of nitrogens with one attached hydrogen (secondary N) is 1. The van der Waals surface area contributed by atoms with Gasteiger partial charge >= 0.3 is 0 Å². The summed E-state index contributed by atoms with van der Waals surface area (Å²) in [5.74, 6) is 0.326. The Morgan fingerprint density at radius 1 is 1.10 bits per heavy atom. The third-order valence-electron chi connectivity index (χ3n) is 4.73. The number of amides is 1. The Balaban J connectivity index is 1.62. The van der Waals surface area contributed by atoms with Gasteiger partial charge in [0.1, 0.15) is 5.75 Å². The lowest BCUT2D eigenvalue weighted by Crippen LogP contribution is -2.46. The van der Waals surface area contributed by atoms with E-state index >= 15 is 0 Å². The minimum atomic E-state index is -3.71. The summed E-state index contributed by atoms with van der Waals surface area (Å²) in [6, 6.07) is 13.3. The molecule has 0 bridgehead atoms. The molecule has 7 nitrogen and oxygen atoms in total. The molecule has 1 fully saturated rings. The molecule has 0 spiro atoms. The molecule has 2 aromatic rings. The van der Waals surface area contributed by atoms with Gasteiger partial charge in [-0.1, -0.05) is 19.1 Å². The molecule has 1 aliphatic rings. The van der Waals surface area contributed by atoms with Crippen LogP contribution in [0.3, 0.4) is 0 Å². The summed E-state index contributed by atoms with van der Waals surface area (Å²) in [6.45, 7) is 5.88. The lowest BCUT2D eigenvalue weighted by Gasteiger charge is -2.29. The van der Waals surface area contributed by atoms with Gasteiger partial charge in [-0.3, -0.25) is 9.52 Å². The Hall–Kier alpha value is -2.58. The molecule has 1 amide bonds. The second kappa shape index (κ2) is 9.28. The molecule has 1 saturated heterocycles. The zero-order valence-electron chi connectivity index (χ0n) is 16.6. The van der Waals surface area contributed by atoms with Crippen molar-refractivity contribution < 1.29 is 22.7 Å². The van der Waals surface area contributed by atoms with Crippen molar-refractivity contribution in [3.05, 3.63) is 54.1 Å². The molecule has 8 heteroatoms. The number of hydrogen-bond acceptors (Lipinski definition) is 5. The van der Waals surface area contributed by atoms with Crippen LogP contribution in [0, 0.1) is 0 Å². The van der Waals surface area contributed by atoms with E-state index in [4.69, 9.17) is 9.47 Å². The van der Waals surface area contributed by atoms with Crippen LogP contribution in [0.25, 0.3) is 0 Å². The number of sulfonamides is 1. The number of aryl methyl sites for hydroxylation is 1. The maximum absolute atomic E-state index is 12.6. The first-order valence-corrected chi connectivity index (χ1v) is 11.1. The Labute approximate surface area is 171 Å². The van der Waals surface area contributed by atoms with Crippen molar-refractivity contribution in [3.63, 3.8) is 0 Å². The van der Waals surface area contributed by atoms with Crippen molar-refractivity contribution >= 4 is 21.6 Å². The molecule has 0 aromatic heterocycles. The van der Waals surface area contributed by atoms with Gasteiger partial charge in [0.25, 0.3) is 15.9 Å². The third kappa shape index (κ3) is 5.48. The van der Waals surface area contributed by atoms with Crippen LogP contribution < -0.4 is 9.46 Å². The summed E-state index contributed by atoms with van der Waals surface area (Å²) < 4.78 is 38.7. The molecule has 1 N–H and O–H groups in total. The second-order valence-corrected chi connectivity index (χ2v) is 8.51. The summed E-state index contributed by atoms with van der Waals surface area (Å²) in [7, 11) is -3.71. The van der Waals surface area contributed by atoms with Gasteiger partial charge in [-0.15, -0.1) is 0 Å². The highest BCUT2D eigenvalue weighted by Crippen LogP contribution is 2.21. The Kier molecular flexibility index (Phi) is 6.76. The maximum atomic E-state index is 12.6. The Morgan fingerprint density at radius 3 is 2.31 bits per heavy atom. The number of nitrogens with zero attached hydrogens (tertiary/aromatic N) is 1. The number of ether oxygens (including phenoxy) is 2. The lowest BCUT2D eigenvalue weighted by molar-refractivity contribution is -0.142. The maximum Gasteiger partial charge on any atom is 0.263 e. The number of carbonyl (C=O) groups excluding carboxylic acids is 1. The lowest BCUT2D eigenvalue weighted by atomic mass is 10.2. The van der Waals surface area contributed by atoms with Gasteiger partial charge in [-0.05, 0) is 55.3 Å². The van der Waals surface area contributed by atoms with E-state index in [1.807, 2.05) is 19.1 Å². The first-order valence-electron chi connectivity index (χ1n) is 9.64. The molecular formula is C21H26N2O5S. The first kappa shape index (κ1) is 21.1. The SMILES string of the molecule is CCc1ccc(NS(=O)(=O)c2ccc(O[C@H](C)C(=O)N3CCOCC3)cc2)cc1. The molecule has 1 heterocycles. The molecule has 0 saturated carbocycles. The molecule has 3 rings (SSSR count). The monoisotopic (exact) mass is 418 g/mol.